The summed E-state index contributed by atoms with van der Waals surface area (Å²) in [5.74, 6) is 2.59. The number of hydrogen-bond donors (Lipinski definition) is 1. The fourth-order valence-corrected chi connectivity index (χ4v) is 3.22. The van der Waals surface area contributed by atoms with Crippen LogP contribution < -0.4 is 0 Å². The Morgan fingerprint density at radius 2 is 2.15 bits per heavy atom. The van der Waals surface area contributed by atoms with Gasteiger partial charge in [0.05, 0.1) is 12.5 Å². The van der Waals surface area contributed by atoms with Gasteiger partial charge in [-0.25, -0.2) is 4.98 Å². The Morgan fingerprint density at radius 1 is 1.35 bits per heavy atom. The third kappa shape index (κ3) is 3.02. The lowest BCUT2D eigenvalue weighted by Gasteiger charge is -2.19. The minimum Gasteiger partial charge on any atom is -0.466 e. The molecule has 2 atom stereocenters. The standard InChI is InChI=1S/C15H23N3O2/c1-2-20-15(19)12-9-11(12)14-16-13(17-18-14)8-10-6-4-3-5-7-10/h10-12H,2-9H2,1H3,(H,16,17,18)/t11-,12-/m1/s1. The van der Waals surface area contributed by atoms with Gasteiger partial charge in [0.25, 0.3) is 0 Å². The van der Waals surface area contributed by atoms with E-state index in [2.05, 4.69) is 15.2 Å². The summed E-state index contributed by atoms with van der Waals surface area (Å²) in [7, 11) is 0. The highest BCUT2D eigenvalue weighted by Gasteiger charge is 2.47. The van der Waals surface area contributed by atoms with E-state index in [0.29, 0.717) is 6.61 Å². The molecule has 5 heteroatoms. The van der Waals surface area contributed by atoms with Gasteiger partial charge >= 0.3 is 5.97 Å². The van der Waals surface area contributed by atoms with Gasteiger partial charge in [0, 0.05) is 12.3 Å². The van der Waals surface area contributed by atoms with Crippen molar-refractivity contribution in [2.75, 3.05) is 6.61 Å². The number of H-pyrrole nitrogens is 1. The molecular formula is C15H23N3O2. The number of aromatic amines is 1. The molecule has 5 nitrogen and oxygen atoms in total. The number of aromatic nitrogens is 3. The predicted octanol–water partition coefficient (Wildman–Crippen LogP) is 2.59. The van der Waals surface area contributed by atoms with E-state index in [1.807, 2.05) is 6.92 Å². The minimum atomic E-state index is -0.101. The molecule has 1 aromatic rings. The summed E-state index contributed by atoms with van der Waals surface area (Å²) in [5.41, 5.74) is 0. The molecule has 0 unspecified atom stereocenters. The lowest BCUT2D eigenvalue weighted by Crippen LogP contribution is -2.10. The van der Waals surface area contributed by atoms with E-state index in [9.17, 15) is 4.79 Å². The lowest BCUT2D eigenvalue weighted by atomic mass is 9.87. The molecule has 0 spiro atoms. The molecule has 3 rings (SSSR count). The van der Waals surface area contributed by atoms with Crippen molar-refractivity contribution in [1.29, 1.82) is 0 Å². The van der Waals surface area contributed by atoms with Crippen LogP contribution in [0.5, 0.6) is 0 Å². The van der Waals surface area contributed by atoms with E-state index in [1.165, 1.54) is 32.1 Å². The molecular weight excluding hydrogens is 254 g/mol. The maximum atomic E-state index is 11.6. The fraction of sp³-hybridized carbons (Fsp3) is 0.800. The highest BCUT2D eigenvalue weighted by molar-refractivity contribution is 5.77. The van der Waals surface area contributed by atoms with Crippen LogP contribution in [0.1, 0.15) is 63.0 Å². The predicted molar refractivity (Wildman–Crippen MR) is 74.1 cm³/mol. The third-order valence-corrected chi connectivity index (χ3v) is 4.47. The minimum absolute atomic E-state index is 0.0201. The smallest absolute Gasteiger partial charge is 0.309 e. The van der Waals surface area contributed by atoms with Crippen molar-refractivity contribution in [2.24, 2.45) is 11.8 Å². The molecule has 0 amide bonds. The Hall–Kier alpha value is -1.39. The van der Waals surface area contributed by atoms with Gasteiger partial charge in [-0.1, -0.05) is 32.1 Å². The second-order valence-electron chi connectivity index (χ2n) is 6.05. The summed E-state index contributed by atoms with van der Waals surface area (Å²) in [5, 5.41) is 7.35. The number of ether oxygens (including phenoxy) is 1. The molecule has 2 fully saturated rings. The zero-order valence-corrected chi connectivity index (χ0v) is 12.1. The number of nitrogens with one attached hydrogen (secondary N) is 1. The van der Waals surface area contributed by atoms with Crippen molar-refractivity contribution < 1.29 is 9.53 Å². The van der Waals surface area contributed by atoms with E-state index in [-0.39, 0.29) is 17.8 Å². The average molecular weight is 277 g/mol. The first-order chi connectivity index (χ1) is 9.78. The van der Waals surface area contributed by atoms with Gasteiger partial charge in [0.1, 0.15) is 5.82 Å². The van der Waals surface area contributed by atoms with Crippen LogP contribution in [0.4, 0.5) is 0 Å². The van der Waals surface area contributed by atoms with Crippen molar-refractivity contribution in [3.63, 3.8) is 0 Å². The molecule has 0 radical (unpaired) electrons. The second kappa shape index (κ2) is 5.94. The van der Waals surface area contributed by atoms with Crippen LogP contribution in [0.3, 0.4) is 0 Å². The molecule has 0 aliphatic heterocycles. The van der Waals surface area contributed by atoms with Crippen LogP contribution in [0, 0.1) is 11.8 Å². The second-order valence-corrected chi connectivity index (χ2v) is 6.05. The van der Waals surface area contributed by atoms with E-state index < -0.39 is 0 Å². The Labute approximate surface area is 119 Å². The number of carbonyl (C=O) groups excluding carboxylic acids is 1. The van der Waals surface area contributed by atoms with Crippen LogP contribution >= 0.6 is 0 Å². The summed E-state index contributed by atoms with van der Waals surface area (Å²) >= 11 is 0. The van der Waals surface area contributed by atoms with Crippen molar-refractivity contribution in [3.05, 3.63) is 11.6 Å². The van der Waals surface area contributed by atoms with Gasteiger partial charge in [-0.3, -0.25) is 9.89 Å². The van der Waals surface area contributed by atoms with Crippen LogP contribution in [0.15, 0.2) is 0 Å². The normalized spacial score (nSPS) is 26.4. The first-order valence-corrected chi connectivity index (χ1v) is 7.85. The lowest BCUT2D eigenvalue weighted by molar-refractivity contribution is -0.144. The summed E-state index contributed by atoms with van der Waals surface area (Å²) in [6.07, 6.45) is 8.53. The zero-order chi connectivity index (χ0) is 13.9. The number of carbonyl (C=O) groups is 1. The highest BCUT2D eigenvalue weighted by Crippen LogP contribution is 2.46. The first-order valence-electron chi connectivity index (χ1n) is 7.85. The van der Waals surface area contributed by atoms with E-state index in [0.717, 1.165) is 30.4 Å². The van der Waals surface area contributed by atoms with Gasteiger partial charge in [-0.05, 0) is 19.3 Å². The van der Waals surface area contributed by atoms with Gasteiger partial charge in [0.15, 0.2) is 5.82 Å². The number of rotatable bonds is 5. The molecule has 1 heterocycles. The fourth-order valence-electron chi connectivity index (χ4n) is 3.22. The van der Waals surface area contributed by atoms with Gasteiger partial charge in [-0.2, -0.15) is 5.10 Å². The quantitative estimate of drug-likeness (QED) is 0.840. The van der Waals surface area contributed by atoms with Crippen molar-refractivity contribution in [3.8, 4) is 0 Å². The van der Waals surface area contributed by atoms with E-state index in [4.69, 9.17) is 4.74 Å². The number of esters is 1. The largest absolute Gasteiger partial charge is 0.466 e. The Balaban J connectivity index is 1.54. The third-order valence-electron chi connectivity index (χ3n) is 4.47. The molecule has 1 N–H and O–H groups in total. The van der Waals surface area contributed by atoms with Gasteiger partial charge < -0.3 is 4.74 Å². The highest BCUT2D eigenvalue weighted by atomic mass is 16.5. The molecule has 2 aliphatic carbocycles. The number of nitrogens with zero attached hydrogens (tertiary/aromatic N) is 2. The zero-order valence-electron chi connectivity index (χ0n) is 12.1. The molecule has 20 heavy (non-hydrogen) atoms. The average Bonchev–Trinajstić information content (AvgIpc) is 3.14. The van der Waals surface area contributed by atoms with Crippen LogP contribution in [0.2, 0.25) is 0 Å². The molecule has 2 aliphatic rings. The molecule has 0 aromatic carbocycles. The molecule has 110 valence electrons. The number of hydrogen-bond acceptors (Lipinski definition) is 4. The summed E-state index contributed by atoms with van der Waals surface area (Å²) in [6.45, 7) is 2.29. The van der Waals surface area contributed by atoms with Crippen molar-refractivity contribution in [1.82, 2.24) is 15.2 Å². The van der Waals surface area contributed by atoms with E-state index in [1.54, 1.807) is 0 Å². The molecule has 0 saturated heterocycles. The van der Waals surface area contributed by atoms with Gasteiger partial charge in [0.2, 0.25) is 0 Å². The SMILES string of the molecule is CCOC(=O)[C@@H]1C[C@H]1c1n[nH]c(CC2CCCCC2)n1. The van der Waals surface area contributed by atoms with Gasteiger partial charge in [-0.15, -0.1) is 0 Å². The monoisotopic (exact) mass is 277 g/mol. The van der Waals surface area contributed by atoms with Crippen molar-refractivity contribution >= 4 is 5.97 Å². The molecule has 1 aromatic heterocycles. The maximum Gasteiger partial charge on any atom is 0.309 e. The maximum absolute atomic E-state index is 11.6. The first kappa shape index (κ1) is 13.6. The summed E-state index contributed by atoms with van der Waals surface area (Å²) in [6, 6.07) is 0. The summed E-state index contributed by atoms with van der Waals surface area (Å²) < 4.78 is 5.04. The summed E-state index contributed by atoms with van der Waals surface area (Å²) in [4.78, 5) is 16.2. The van der Waals surface area contributed by atoms with Crippen LogP contribution in [0.25, 0.3) is 0 Å². The van der Waals surface area contributed by atoms with Crippen LogP contribution in [-0.4, -0.2) is 27.8 Å². The van der Waals surface area contributed by atoms with Crippen molar-refractivity contribution in [2.45, 2.75) is 57.8 Å². The molecule has 0 bridgehead atoms. The Bertz CT molecular complexity index is 465. The Kier molecular flexibility index (Phi) is 4.03. The van der Waals surface area contributed by atoms with E-state index >= 15 is 0 Å². The Morgan fingerprint density at radius 3 is 2.90 bits per heavy atom. The topological polar surface area (TPSA) is 67.9 Å². The van der Waals surface area contributed by atoms with Crippen LogP contribution in [-0.2, 0) is 16.0 Å². The molecule has 2 saturated carbocycles.